The fourth-order valence-electron chi connectivity index (χ4n) is 6.02. The Morgan fingerprint density at radius 1 is 0.824 bits per heavy atom. The van der Waals surface area contributed by atoms with Gasteiger partial charge in [0.25, 0.3) is 0 Å². The highest BCUT2D eigenvalue weighted by Gasteiger charge is 2.38. The zero-order valence-electron chi connectivity index (χ0n) is 19.9. The third-order valence-corrected chi connectivity index (χ3v) is 8.94. The van der Waals surface area contributed by atoms with Gasteiger partial charge in [-0.3, -0.25) is 9.59 Å². The normalized spacial score (nSPS) is 19.1. The zero-order chi connectivity index (χ0) is 24.0. The van der Waals surface area contributed by atoms with Crippen LogP contribution < -0.4 is 10.6 Å². The van der Waals surface area contributed by atoms with Crippen LogP contribution in [0.2, 0.25) is 13.1 Å². The Hall–Kier alpha value is -3.57. The summed E-state index contributed by atoms with van der Waals surface area (Å²) in [5.41, 5.74) is 11.6. The second-order valence-corrected chi connectivity index (χ2v) is 11.8. The number of amides is 2. The van der Waals surface area contributed by atoms with Crippen molar-refractivity contribution in [1.29, 1.82) is 0 Å². The fraction of sp³-hybridized carbons (Fsp3) is 0.207. The van der Waals surface area contributed by atoms with Gasteiger partial charge in [-0.15, -0.1) is 0 Å². The van der Waals surface area contributed by atoms with Gasteiger partial charge in [-0.2, -0.15) is 0 Å². The second-order valence-electron chi connectivity index (χ2n) is 9.31. The first-order valence-electron chi connectivity index (χ1n) is 11.6. The number of carbonyl (C=O) groups is 2. The number of carbonyl (C=O) groups excluding carboxylic acids is 2. The lowest BCUT2D eigenvalue weighted by Gasteiger charge is -2.26. The summed E-state index contributed by atoms with van der Waals surface area (Å²) >= 11 is 0. The van der Waals surface area contributed by atoms with Crippen molar-refractivity contribution in [3.05, 3.63) is 105 Å². The average molecular weight is 465 g/mol. The number of allylic oxidation sites excluding steroid dienone is 7. The van der Waals surface area contributed by atoms with Gasteiger partial charge in [0.2, 0.25) is 12.8 Å². The summed E-state index contributed by atoms with van der Waals surface area (Å²) in [6, 6.07) is 17.4. The highest BCUT2D eigenvalue weighted by molar-refractivity contribution is 6.72. The van der Waals surface area contributed by atoms with Gasteiger partial charge in [0, 0.05) is 20.2 Å². The number of benzene rings is 2. The molecule has 0 spiro atoms. The standard InChI is InChI=1S/C29H28N2O2Si/c1-17-13-19-14-24(30-15-32)28(31-16-33)29(34(3)4)18(2)26(19)25(17)27-22-11-7-5-9-20(22)21-10-6-8-12-23(21)27/h5-16,18,27H,1-4H3,(H,30,32)(H,31,33). The molecule has 5 rings (SSSR count). The fourth-order valence-corrected chi connectivity index (χ4v) is 7.73. The summed E-state index contributed by atoms with van der Waals surface area (Å²) in [5.74, 6) is 0.257. The van der Waals surface area contributed by atoms with Gasteiger partial charge in [0.05, 0.1) is 11.4 Å². The lowest BCUT2D eigenvalue weighted by Crippen LogP contribution is -2.33. The van der Waals surface area contributed by atoms with Gasteiger partial charge in [0.15, 0.2) is 0 Å². The van der Waals surface area contributed by atoms with Crippen molar-refractivity contribution in [2.24, 2.45) is 5.92 Å². The van der Waals surface area contributed by atoms with Crippen molar-refractivity contribution in [2.45, 2.75) is 32.9 Å². The van der Waals surface area contributed by atoms with Crippen molar-refractivity contribution in [1.82, 2.24) is 10.6 Å². The Labute approximate surface area is 202 Å². The number of fused-ring (bicyclic) bond motifs is 4. The molecule has 3 aliphatic carbocycles. The zero-order valence-corrected chi connectivity index (χ0v) is 20.9. The van der Waals surface area contributed by atoms with E-state index in [0.717, 1.165) is 11.3 Å². The van der Waals surface area contributed by atoms with Crippen LogP contribution in [0, 0.1) is 5.92 Å². The predicted molar refractivity (Wildman–Crippen MR) is 140 cm³/mol. The molecule has 4 nitrogen and oxygen atoms in total. The minimum atomic E-state index is -0.958. The van der Waals surface area contributed by atoms with E-state index >= 15 is 0 Å². The van der Waals surface area contributed by atoms with Gasteiger partial charge in [-0.25, -0.2) is 0 Å². The Kier molecular flexibility index (Phi) is 5.66. The SMILES string of the molecule is CC1=CC2=CC(NC=O)=C(NC=O)C(=[Si](C)C)C(C)C2=C1C1c2ccccc2-c2ccccc21. The van der Waals surface area contributed by atoms with E-state index in [9.17, 15) is 9.59 Å². The van der Waals surface area contributed by atoms with Crippen molar-refractivity contribution in [3.63, 3.8) is 0 Å². The van der Waals surface area contributed by atoms with Crippen molar-refractivity contribution >= 4 is 26.4 Å². The van der Waals surface area contributed by atoms with Gasteiger partial charge < -0.3 is 10.6 Å². The van der Waals surface area contributed by atoms with Gasteiger partial charge in [-0.05, 0) is 62.7 Å². The molecule has 3 aliphatic rings. The van der Waals surface area contributed by atoms with Gasteiger partial charge >= 0.3 is 0 Å². The summed E-state index contributed by atoms with van der Waals surface area (Å²) in [4.78, 5) is 23.0. The molecule has 34 heavy (non-hydrogen) atoms. The minimum Gasteiger partial charge on any atom is -0.327 e. The van der Waals surface area contributed by atoms with Crippen LogP contribution in [0.5, 0.6) is 0 Å². The van der Waals surface area contributed by atoms with E-state index in [1.54, 1.807) is 0 Å². The maximum Gasteiger partial charge on any atom is 0.211 e. The Morgan fingerprint density at radius 2 is 1.41 bits per heavy atom. The molecule has 0 aliphatic heterocycles. The Bertz CT molecular complexity index is 1340. The highest BCUT2D eigenvalue weighted by atomic mass is 28.2. The number of nitrogens with one attached hydrogen (secondary N) is 2. The molecular weight excluding hydrogens is 436 g/mol. The molecule has 170 valence electrons. The third-order valence-electron chi connectivity index (χ3n) is 7.18. The first kappa shape index (κ1) is 22.2. The van der Waals surface area contributed by atoms with Crippen LogP contribution in [0.15, 0.2) is 94.4 Å². The molecular formula is C29H28N2O2Si. The van der Waals surface area contributed by atoms with Crippen LogP contribution in [-0.4, -0.2) is 26.4 Å². The number of hydrogen-bond acceptors (Lipinski definition) is 2. The Balaban J connectivity index is 1.80. The smallest absolute Gasteiger partial charge is 0.211 e. The molecule has 0 aromatic heterocycles. The molecule has 1 atom stereocenters. The summed E-state index contributed by atoms with van der Waals surface area (Å²) < 4.78 is 0. The van der Waals surface area contributed by atoms with E-state index in [4.69, 9.17) is 0 Å². The number of hydrogen-bond donors (Lipinski definition) is 2. The maximum atomic E-state index is 11.5. The van der Waals surface area contributed by atoms with E-state index in [1.807, 2.05) is 6.08 Å². The largest absolute Gasteiger partial charge is 0.327 e. The lowest BCUT2D eigenvalue weighted by molar-refractivity contribution is -0.110. The second kappa shape index (κ2) is 8.65. The average Bonchev–Trinajstić information content (AvgIpc) is 3.28. The van der Waals surface area contributed by atoms with E-state index in [1.165, 1.54) is 44.1 Å². The molecule has 2 N–H and O–H groups in total. The van der Waals surface area contributed by atoms with Gasteiger partial charge in [0.1, 0.15) is 0 Å². The monoisotopic (exact) mass is 464 g/mol. The predicted octanol–water partition coefficient (Wildman–Crippen LogP) is 4.84. The maximum absolute atomic E-state index is 11.5. The van der Waals surface area contributed by atoms with Crippen LogP contribution >= 0.6 is 0 Å². The van der Waals surface area contributed by atoms with Crippen molar-refractivity contribution in [3.8, 4) is 11.1 Å². The van der Waals surface area contributed by atoms with E-state index in [-0.39, 0.29) is 11.8 Å². The van der Waals surface area contributed by atoms with Crippen molar-refractivity contribution in [2.75, 3.05) is 0 Å². The highest BCUT2D eigenvalue weighted by Crippen LogP contribution is 2.54. The molecule has 0 bridgehead atoms. The van der Waals surface area contributed by atoms with Crippen LogP contribution in [-0.2, 0) is 9.59 Å². The first-order chi connectivity index (χ1) is 16.5. The quantitative estimate of drug-likeness (QED) is 0.491. The summed E-state index contributed by atoms with van der Waals surface area (Å²) in [6.45, 7) is 8.91. The molecule has 1 unspecified atom stereocenters. The Morgan fingerprint density at radius 3 is 1.97 bits per heavy atom. The van der Waals surface area contributed by atoms with E-state index in [2.05, 4.69) is 92.2 Å². The van der Waals surface area contributed by atoms with E-state index in [0.29, 0.717) is 18.5 Å². The van der Waals surface area contributed by atoms with Crippen LogP contribution in [0.1, 0.15) is 30.9 Å². The summed E-state index contributed by atoms with van der Waals surface area (Å²) in [6.07, 6.45) is 5.64. The van der Waals surface area contributed by atoms with Crippen LogP contribution in [0.4, 0.5) is 0 Å². The first-order valence-corrected chi connectivity index (χ1v) is 14.1. The molecule has 0 fully saturated rings. The molecule has 5 heteroatoms. The minimum absolute atomic E-state index is 0.104. The van der Waals surface area contributed by atoms with Crippen LogP contribution in [0.25, 0.3) is 11.1 Å². The number of rotatable bonds is 5. The molecule has 0 radical (unpaired) electrons. The molecule has 0 saturated carbocycles. The van der Waals surface area contributed by atoms with Gasteiger partial charge in [-0.1, -0.05) is 74.6 Å². The van der Waals surface area contributed by atoms with Crippen molar-refractivity contribution < 1.29 is 9.59 Å². The summed E-state index contributed by atoms with van der Waals surface area (Å²) in [5, 5.41) is 6.98. The lowest BCUT2D eigenvalue weighted by atomic mass is 9.80. The van der Waals surface area contributed by atoms with E-state index < -0.39 is 8.41 Å². The summed E-state index contributed by atoms with van der Waals surface area (Å²) in [7, 11) is -0.958. The molecule has 2 aromatic carbocycles. The molecule has 0 heterocycles. The molecule has 2 amide bonds. The molecule has 0 saturated heterocycles. The third kappa shape index (κ3) is 3.31. The van der Waals surface area contributed by atoms with Crippen LogP contribution in [0.3, 0.4) is 0 Å². The molecule has 2 aromatic rings. The topological polar surface area (TPSA) is 58.2 Å².